The van der Waals surface area contributed by atoms with Gasteiger partial charge < -0.3 is 0 Å². The van der Waals surface area contributed by atoms with Crippen LogP contribution in [0.4, 0.5) is 13.2 Å². The van der Waals surface area contributed by atoms with Crippen molar-refractivity contribution in [3.8, 4) is 11.1 Å². The molecule has 2 aromatic rings. The average Bonchev–Trinajstić information content (AvgIpc) is 2.85. The van der Waals surface area contributed by atoms with Crippen LogP contribution in [-0.2, 0) is 6.42 Å². The molecule has 0 atom stereocenters. The third-order valence-corrected chi connectivity index (χ3v) is 8.53. The Morgan fingerprint density at radius 1 is 0.667 bits per heavy atom. The summed E-state index contributed by atoms with van der Waals surface area (Å²) < 4.78 is 40.3. The van der Waals surface area contributed by atoms with E-state index in [0.717, 1.165) is 42.2 Å². The van der Waals surface area contributed by atoms with Crippen LogP contribution in [0.5, 0.6) is 0 Å². The van der Waals surface area contributed by atoms with Crippen molar-refractivity contribution in [1.29, 1.82) is 0 Å². The molecule has 0 aliphatic heterocycles. The molecule has 0 spiro atoms. The minimum atomic E-state index is -1.41. The minimum absolute atomic E-state index is 0.371. The van der Waals surface area contributed by atoms with Crippen LogP contribution in [0, 0.1) is 41.1 Å². The van der Waals surface area contributed by atoms with Crippen molar-refractivity contribution in [2.45, 2.75) is 90.4 Å². The molecule has 0 unspecified atom stereocenters. The van der Waals surface area contributed by atoms with Crippen LogP contribution in [-0.4, -0.2) is 0 Å². The van der Waals surface area contributed by atoms with E-state index in [0.29, 0.717) is 11.1 Å². The minimum Gasteiger partial charge on any atom is -0.204 e. The van der Waals surface area contributed by atoms with Crippen molar-refractivity contribution in [3.63, 3.8) is 0 Å². The third kappa shape index (κ3) is 6.43. The Morgan fingerprint density at radius 3 is 1.70 bits per heavy atom. The number of hydrogen-bond acceptors (Lipinski definition) is 0. The van der Waals surface area contributed by atoms with Gasteiger partial charge in [-0.1, -0.05) is 76.1 Å². The molecule has 2 aliphatic rings. The molecule has 180 valence electrons. The molecule has 2 aromatic carbocycles. The van der Waals surface area contributed by atoms with Gasteiger partial charge in [0.25, 0.3) is 0 Å². The standard InChI is InChI=1S/C30H39F3/c1-2-3-4-21-7-13-24(14-8-21)25-15-9-22(10-16-25)5-6-23-11-17-26(18-12-23)27-19-28(31)30(33)29(32)20-27/h11-12,17-22,24-25H,2-10,13-16H2,1H3. The Labute approximate surface area is 198 Å². The molecule has 0 bridgehead atoms. The molecule has 2 aliphatic carbocycles. The summed E-state index contributed by atoms with van der Waals surface area (Å²) in [4.78, 5) is 0. The monoisotopic (exact) mass is 456 g/mol. The molecule has 3 heteroatoms. The van der Waals surface area contributed by atoms with Crippen molar-refractivity contribution in [1.82, 2.24) is 0 Å². The molecule has 0 N–H and O–H groups in total. The van der Waals surface area contributed by atoms with Gasteiger partial charge in [-0.15, -0.1) is 0 Å². The maximum absolute atomic E-state index is 13.5. The second kappa shape index (κ2) is 11.6. The van der Waals surface area contributed by atoms with Gasteiger partial charge in [0, 0.05) is 0 Å². The van der Waals surface area contributed by atoms with Gasteiger partial charge >= 0.3 is 0 Å². The SMILES string of the molecule is CCCCC1CCC(C2CCC(CCc3ccc(-c4cc(F)c(F)c(F)c4)cc3)CC2)CC1. The summed E-state index contributed by atoms with van der Waals surface area (Å²) in [5.41, 5.74) is 2.34. The number of rotatable bonds is 8. The van der Waals surface area contributed by atoms with Crippen LogP contribution in [0.25, 0.3) is 11.1 Å². The predicted octanol–water partition coefficient (Wildman–Crippen LogP) is 9.51. The van der Waals surface area contributed by atoms with Gasteiger partial charge in [-0.05, 0) is 91.0 Å². The van der Waals surface area contributed by atoms with E-state index in [1.165, 1.54) is 82.6 Å². The van der Waals surface area contributed by atoms with Crippen LogP contribution < -0.4 is 0 Å². The lowest BCUT2D eigenvalue weighted by molar-refractivity contribution is 0.140. The van der Waals surface area contributed by atoms with Gasteiger partial charge in [-0.2, -0.15) is 0 Å². The van der Waals surface area contributed by atoms with Crippen LogP contribution in [0.3, 0.4) is 0 Å². The van der Waals surface area contributed by atoms with Crippen molar-refractivity contribution < 1.29 is 13.2 Å². The van der Waals surface area contributed by atoms with E-state index >= 15 is 0 Å². The zero-order valence-electron chi connectivity index (χ0n) is 20.1. The summed E-state index contributed by atoms with van der Waals surface area (Å²) in [5, 5.41) is 0. The lowest BCUT2D eigenvalue weighted by atomic mass is 9.68. The third-order valence-electron chi connectivity index (χ3n) is 8.53. The normalized spacial score (nSPS) is 25.8. The summed E-state index contributed by atoms with van der Waals surface area (Å²) in [6.45, 7) is 2.30. The van der Waals surface area contributed by atoms with Gasteiger partial charge in [0.2, 0.25) is 0 Å². The summed E-state index contributed by atoms with van der Waals surface area (Å²) in [6, 6.07) is 9.96. The van der Waals surface area contributed by atoms with E-state index in [1.807, 2.05) is 24.3 Å². The predicted molar refractivity (Wildman–Crippen MR) is 130 cm³/mol. The molecule has 2 fully saturated rings. The number of unbranched alkanes of at least 4 members (excludes halogenated alkanes) is 1. The molecule has 0 heterocycles. The molecular formula is C30H39F3. The first-order chi connectivity index (χ1) is 16.0. The van der Waals surface area contributed by atoms with Crippen LogP contribution in [0.1, 0.15) is 89.5 Å². The summed E-state index contributed by atoms with van der Waals surface area (Å²) in [6.07, 6.45) is 17.9. The second-order valence-corrected chi connectivity index (χ2v) is 10.7. The molecule has 0 aromatic heterocycles. The number of aryl methyl sites for hydroxylation is 1. The van der Waals surface area contributed by atoms with Gasteiger partial charge in [-0.3, -0.25) is 0 Å². The molecule has 2 saturated carbocycles. The number of benzene rings is 2. The highest BCUT2D eigenvalue weighted by Crippen LogP contribution is 2.43. The second-order valence-electron chi connectivity index (χ2n) is 10.7. The van der Waals surface area contributed by atoms with Crippen molar-refractivity contribution in [3.05, 3.63) is 59.4 Å². The largest absolute Gasteiger partial charge is 0.204 e. The zero-order valence-corrected chi connectivity index (χ0v) is 20.1. The van der Waals surface area contributed by atoms with E-state index in [-0.39, 0.29) is 0 Å². The topological polar surface area (TPSA) is 0 Å². The molecule has 0 amide bonds. The molecular weight excluding hydrogens is 417 g/mol. The Kier molecular flexibility index (Phi) is 8.55. The highest BCUT2D eigenvalue weighted by atomic mass is 19.2. The number of hydrogen-bond donors (Lipinski definition) is 0. The highest BCUT2D eigenvalue weighted by molar-refractivity contribution is 5.63. The molecule has 0 radical (unpaired) electrons. The van der Waals surface area contributed by atoms with Crippen molar-refractivity contribution in [2.24, 2.45) is 23.7 Å². The summed E-state index contributed by atoms with van der Waals surface area (Å²) >= 11 is 0. The van der Waals surface area contributed by atoms with Crippen molar-refractivity contribution >= 4 is 0 Å². The van der Waals surface area contributed by atoms with E-state index in [4.69, 9.17) is 0 Å². The van der Waals surface area contributed by atoms with E-state index in [9.17, 15) is 13.2 Å². The van der Waals surface area contributed by atoms with Crippen molar-refractivity contribution in [2.75, 3.05) is 0 Å². The smallest absolute Gasteiger partial charge is 0.194 e. The van der Waals surface area contributed by atoms with E-state index < -0.39 is 17.5 Å². The summed E-state index contributed by atoms with van der Waals surface area (Å²) in [7, 11) is 0. The first kappa shape index (κ1) is 24.4. The van der Waals surface area contributed by atoms with Crippen LogP contribution >= 0.6 is 0 Å². The van der Waals surface area contributed by atoms with Gasteiger partial charge in [0.1, 0.15) is 0 Å². The Bertz CT molecular complexity index is 849. The quantitative estimate of drug-likeness (QED) is 0.347. The van der Waals surface area contributed by atoms with Gasteiger partial charge in [0.05, 0.1) is 0 Å². The molecule has 33 heavy (non-hydrogen) atoms. The van der Waals surface area contributed by atoms with Crippen LogP contribution in [0.15, 0.2) is 36.4 Å². The highest BCUT2D eigenvalue weighted by Gasteiger charge is 2.30. The maximum Gasteiger partial charge on any atom is 0.194 e. The van der Waals surface area contributed by atoms with E-state index in [1.54, 1.807) is 0 Å². The fourth-order valence-electron chi connectivity index (χ4n) is 6.35. The van der Waals surface area contributed by atoms with E-state index in [2.05, 4.69) is 6.92 Å². The fraction of sp³-hybridized carbons (Fsp3) is 0.600. The summed E-state index contributed by atoms with van der Waals surface area (Å²) in [5.74, 6) is 0.0713. The zero-order chi connectivity index (χ0) is 23.2. The fourth-order valence-corrected chi connectivity index (χ4v) is 6.35. The molecule has 0 saturated heterocycles. The maximum atomic E-state index is 13.5. The molecule has 4 rings (SSSR count). The Hall–Kier alpha value is -1.77. The van der Waals surface area contributed by atoms with Gasteiger partial charge in [-0.25, -0.2) is 13.2 Å². The number of halogens is 3. The molecule has 0 nitrogen and oxygen atoms in total. The van der Waals surface area contributed by atoms with Gasteiger partial charge in [0.15, 0.2) is 17.5 Å². The lowest BCUT2D eigenvalue weighted by Gasteiger charge is -2.38. The van der Waals surface area contributed by atoms with Crippen LogP contribution in [0.2, 0.25) is 0 Å². The lowest BCUT2D eigenvalue weighted by Crippen LogP contribution is -2.26. The Morgan fingerprint density at radius 2 is 1.18 bits per heavy atom. The first-order valence-electron chi connectivity index (χ1n) is 13.3. The average molecular weight is 457 g/mol. The Balaban J connectivity index is 1.20. The first-order valence-corrected chi connectivity index (χ1v) is 13.3.